The van der Waals surface area contributed by atoms with Crippen molar-refractivity contribution < 1.29 is 0 Å². The number of hydrogen-bond donors (Lipinski definition) is 0. The maximum absolute atomic E-state index is 2.57. The van der Waals surface area contributed by atoms with Crippen molar-refractivity contribution in [1.29, 1.82) is 0 Å². The highest BCUT2D eigenvalue weighted by Gasteiger charge is 2.47. The fraction of sp³-hybridized carbons (Fsp3) is 0.0137. The van der Waals surface area contributed by atoms with Gasteiger partial charge in [0.25, 0.3) is 0 Å². The molecule has 0 aliphatic heterocycles. The summed E-state index contributed by atoms with van der Waals surface area (Å²) in [5.74, 6) is 0. The molecule has 1 heterocycles. The number of rotatable bonds is 10. The molecule has 0 amide bonds. The summed E-state index contributed by atoms with van der Waals surface area (Å²) in [5, 5.41) is 2.45. The Kier molecular flexibility index (Phi) is 10.8. The van der Waals surface area contributed by atoms with Crippen LogP contribution < -0.4 is 4.90 Å². The number of anilines is 3. The fourth-order valence-corrected chi connectivity index (χ4v) is 12.4. The normalized spacial score (nSPS) is 12.4. The van der Waals surface area contributed by atoms with Gasteiger partial charge >= 0.3 is 0 Å². The zero-order valence-corrected chi connectivity index (χ0v) is 41.3. The average molecular weight is 955 g/mol. The zero-order chi connectivity index (χ0) is 49.7. The molecule has 0 saturated heterocycles. The highest BCUT2D eigenvalue weighted by Crippen LogP contribution is 2.60. The second kappa shape index (κ2) is 18.4. The molecule has 0 saturated carbocycles. The third-order valence-corrected chi connectivity index (χ3v) is 15.5. The number of fused-ring (bicyclic) bond motifs is 6. The van der Waals surface area contributed by atoms with Crippen LogP contribution in [0.5, 0.6) is 0 Å². The van der Waals surface area contributed by atoms with Gasteiger partial charge < -0.3 is 9.47 Å². The molecule has 0 fully saturated rings. The molecule has 12 aromatic carbocycles. The molecule has 0 spiro atoms. The van der Waals surface area contributed by atoms with Gasteiger partial charge in [0.2, 0.25) is 0 Å². The summed E-state index contributed by atoms with van der Waals surface area (Å²) in [5.41, 5.74) is 22.9. The first-order valence-electron chi connectivity index (χ1n) is 25.9. The zero-order valence-electron chi connectivity index (χ0n) is 41.3. The van der Waals surface area contributed by atoms with E-state index in [2.05, 4.69) is 313 Å². The van der Waals surface area contributed by atoms with E-state index < -0.39 is 5.41 Å². The molecule has 1 aliphatic rings. The second-order valence-electron chi connectivity index (χ2n) is 19.5. The van der Waals surface area contributed by atoms with E-state index in [-0.39, 0.29) is 0 Å². The molecule has 352 valence electrons. The van der Waals surface area contributed by atoms with Crippen molar-refractivity contribution in [1.82, 2.24) is 4.57 Å². The van der Waals surface area contributed by atoms with E-state index >= 15 is 0 Å². The lowest BCUT2D eigenvalue weighted by molar-refractivity contribution is 0.768. The van der Waals surface area contributed by atoms with Crippen molar-refractivity contribution in [3.8, 4) is 61.3 Å². The minimum Gasteiger partial charge on any atom is -0.309 e. The molecule has 0 atom stereocenters. The SMILES string of the molecule is c1ccc(-c2ccccc2-c2c(-c3ccccc3)cccc2N(c2cccc(-c3cccc4c3c3ccccc3n4-c3ccccc3)c2)c2cccc3c2-c2ccccc2C3(c2ccccc2)c2ccccc2)cc1. The third-order valence-electron chi connectivity index (χ3n) is 15.5. The summed E-state index contributed by atoms with van der Waals surface area (Å²) < 4.78 is 2.41. The van der Waals surface area contributed by atoms with E-state index in [9.17, 15) is 0 Å². The first-order chi connectivity index (χ1) is 37.3. The van der Waals surface area contributed by atoms with Crippen LogP contribution in [0.25, 0.3) is 83.1 Å². The largest absolute Gasteiger partial charge is 0.309 e. The minimum atomic E-state index is -0.588. The smallest absolute Gasteiger partial charge is 0.0714 e. The summed E-state index contributed by atoms with van der Waals surface area (Å²) in [6.45, 7) is 0. The fourth-order valence-electron chi connectivity index (χ4n) is 12.4. The van der Waals surface area contributed by atoms with Crippen LogP contribution in [0.1, 0.15) is 22.3 Å². The minimum absolute atomic E-state index is 0.588. The Hall–Kier alpha value is -9.76. The molecule has 2 heteroatoms. The van der Waals surface area contributed by atoms with Crippen LogP contribution in [-0.2, 0) is 5.41 Å². The topological polar surface area (TPSA) is 8.17 Å². The predicted octanol–water partition coefficient (Wildman–Crippen LogP) is 19.3. The summed E-state index contributed by atoms with van der Waals surface area (Å²) >= 11 is 0. The summed E-state index contributed by atoms with van der Waals surface area (Å²) in [6.07, 6.45) is 0. The number of aromatic nitrogens is 1. The third kappa shape index (κ3) is 7.10. The van der Waals surface area contributed by atoms with E-state index in [1.165, 1.54) is 71.9 Å². The van der Waals surface area contributed by atoms with E-state index in [1.54, 1.807) is 0 Å². The highest BCUT2D eigenvalue weighted by molar-refractivity contribution is 6.16. The Morgan fingerprint density at radius 2 is 0.760 bits per heavy atom. The lowest BCUT2D eigenvalue weighted by atomic mass is 9.68. The van der Waals surface area contributed by atoms with Crippen molar-refractivity contribution in [3.05, 3.63) is 326 Å². The lowest BCUT2D eigenvalue weighted by Gasteiger charge is -2.35. The molecule has 0 radical (unpaired) electrons. The standard InChI is InChI=1S/C73H50N2/c1-6-26-51(27-7-1)58-38-16-17-39-61(58)70-59(52-28-8-2-9-29-52)42-23-47-67(70)75(57-37-22-30-53(50-57)60-43-24-48-68-71(60)63-41-19-21-46-66(63)74(68)56-35-14-5-15-36-56)69-49-25-45-65-72(69)62-40-18-20-44-64(62)73(65,54-31-10-3-11-32-54)55-33-12-4-13-34-55/h1-50H. The molecule has 75 heavy (non-hydrogen) atoms. The van der Waals surface area contributed by atoms with Crippen LogP contribution in [0.4, 0.5) is 17.1 Å². The molecule has 1 aliphatic carbocycles. The Balaban J connectivity index is 1.09. The van der Waals surface area contributed by atoms with E-state index in [4.69, 9.17) is 0 Å². The van der Waals surface area contributed by atoms with Gasteiger partial charge in [0, 0.05) is 33.3 Å². The average Bonchev–Trinajstić information content (AvgIpc) is 4.02. The number of benzene rings is 12. The van der Waals surface area contributed by atoms with Crippen molar-refractivity contribution in [2.45, 2.75) is 5.41 Å². The molecular weight excluding hydrogens is 905 g/mol. The van der Waals surface area contributed by atoms with Gasteiger partial charge in [-0.1, -0.05) is 255 Å². The number of hydrogen-bond acceptors (Lipinski definition) is 1. The second-order valence-corrected chi connectivity index (χ2v) is 19.5. The molecular formula is C73H50N2. The Labute approximate surface area is 438 Å². The lowest BCUT2D eigenvalue weighted by Crippen LogP contribution is -2.28. The van der Waals surface area contributed by atoms with Crippen LogP contribution >= 0.6 is 0 Å². The van der Waals surface area contributed by atoms with Crippen molar-refractivity contribution in [2.24, 2.45) is 0 Å². The van der Waals surface area contributed by atoms with Gasteiger partial charge in [-0.15, -0.1) is 0 Å². The van der Waals surface area contributed by atoms with Crippen LogP contribution in [0.2, 0.25) is 0 Å². The van der Waals surface area contributed by atoms with Crippen molar-refractivity contribution in [3.63, 3.8) is 0 Å². The van der Waals surface area contributed by atoms with E-state index in [1.807, 2.05) is 0 Å². The first-order valence-corrected chi connectivity index (χ1v) is 25.9. The van der Waals surface area contributed by atoms with Crippen molar-refractivity contribution in [2.75, 3.05) is 4.90 Å². The predicted molar refractivity (Wildman–Crippen MR) is 315 cm³/mol. The summed E-state index contributed by atoms with van der Waals surface area (Å²) in [6, 6.07) is 112. The molecule has 0 bridgehead atoms. The van der Waals surface area contributed by atoms with E-state index in [0.717, 1.165) is 50.6 Å². The number of nitrogens with zero attached hydrogens (tertiary/aromatic N) is 2. The van der Waals surface area contributed by atoms with Gasteiger partial charge in [0.15, 0.2) is 0 Å². The molecule has 2 nitrogen and oxygen atoms in total. The maximum atomic E-state index is 2.57. The Bertz CT molecular complexity index is 4180. The summed E-state index contributed by atoms with van der Waals surface area (Å²) in [7, 11) is 0. The van der Waals surface area contributed by atoms with Crippen LogP contribution in [0.3, 0.4) is 0 Å². The monoisotopic (exact) mass is 954 g/mol. The number of para-hydroxylation sites is 2. The van der Waals surface area contributed by atoms with Crippen LogP contribution in [0.15, 0.2) is 303 Å². The maximum Gasteiger partial charge on any atom is 0.0714 e. The first kappa shape index (κ1) is 44.0. The Morgan fingerprint density at radius 1 is 0.293 bits per heavy atom. The molecule has 13 aromatic rings. The quantitative estimate of drug-likeness (QED) is 0.133. The van der Waals surface area contributed by atoms with Gasteiger partial charge in [-0.2, -0.15) is 0 Å². The van der Waals surface area contributed by atoms with Crippen LogP contribution in [0, 0.1) is 0 Å². The Morgan fingerprint density at radius 3 is 1.47 bits per heavy atom. The van der Waals surface area contributed by atoms with Crippen LogP contribution in [-0.4, -0.2) is 4.57 Å². The molecule has 1 aromatic heterocycles. The van der Waals surface area contributed by atoms with Gasteiger partial charge in [-0.25, -0.2) is 0 Å². The van der Waals surface area contributed by atoms with Gasteiger partial charge in [-0.3, -0.25) is 0 Å². The molecule has 0 N–H and O–H groups in total. The summed E-state index contributed by atoms with van der Waals surface area (Å²) in [4.78, 5) is 2.57. The highest BCUT2D eigenvalue weighted by atomic mass is 15.1. The van der Waals surface area contributed by atoms with Gasteiger partial charge in [0.05, 0.1) is 27.8 Å². The van der Waals surface area contributed by atoms with Gasteiger partial charge in [-0.05, 0) is 115 Å². The van der Waals surface area contributed by atoms with E-state index in [0.29, 0.717) is 0 Å². The molecule has 0 unspecified atom stereocenters. The molecule has 14 rings (SSSR count). The van der Waals surface area contributed by atoms with Crippen molar-refractivity contribution >= 4 is 38.9 Å². The van der Waals surface area contributed by atoms with Gasteiger partial charge in [0.1, 0.15) is 0 Å².